The zero-order chi connectivity index (χ0) is 17.0. The van der Waals surface area contributed by atoms with E-state index in [1.165, 1.54) is 6.07 Å². The van der Waals surface area contributed by atoms with E-state index in [9.17, 15) is 9.59 Å². The highest BCUT2D eigenvalue weighted by atomic mass is 35.5. The van der Waals surface area contributed by atoms with Gasteiger partial charge in [-0.15, -0.1) is 0 Å². The summed E-state index contributed by atoms with van der Waals surface area (Å²) in [5.41, 5.74) is 6.07. The van der Waals surface area contributed by atoms with Crippen LogP contribution in [0.5, 0.6) is 0 Å². The van der Waals surface area contributed by atoms with Gasteiger partial charge in [-0.25, -0.2) is 4.79 Å². The first-order chi connectivity index (χ1) is 10.2. The van der Waals surface area contributed by atoms with Crippen molar-refractivity contribution in [2.45, 2.75) is 52.8 Å². The van der Waals surface area contributed by atoms with Crippen LogP contribution in [0.25, 0.3) is 0 Å². The molecule has 0 fully saturated rings. The Morgan fingerprint density at radius 3 is 2.18 bits per heavy atom. The summed E-state index contributed by atoms with van der Waals surface area (Å²) in [6.45, 7) is 9.23. The van der Waals surface area contributed by atoms with Crippen LogP contribution in [-0.4, -0.2) is 35.0 Å². The lowest BCUT2D eigenvalue weighted by Crippen LogP contribution is -2.47. The maximum absolute atomic E-state index is 12.4. The minimum atomic E-state index is -0.893. The molecule has 2 N–H and O–H groups in total. The van der Waals surface area contributed by atoms with Gasteiger partial charge in [0.25, 0.3) is 5.91 Å². The highest BCUT2D eigenvalue weighted by molar-refractivity contribution is 6.33. The van der Waals surface area contributed by atoms with Crippen LogP contribution in [0.4, 0.5) is 5.69 Å². The Morgan fingerprint density at radius 1 is 1.14 bits per heavy atom. The second-order valence-corrected chi connectivity index (χ2v) is 6.09. The number of nitrogens with zero attached hydrogens (tertiary/aromatic N) is 1. The molecule has 6 heteroatoms. The Labute approximate surface area is 136 Å². The Hall–Kier alpha value is -1.75. The van der Waals surface area contributed by atoms with Gasteiger partial charge in [-0.05, 0) is 46.8 Å². The van der Waals surface area contributed by atoms with E-state index in [2.05, 4.69) is 0 Å². The van der Waals surface area contributed by atoms with Crippen molar-refractivity contribution in [1.29, 1.82) is 0 Å². The predicted molar refractivity (Wildman–Crippen MR) is 87.9 cm³/mol. The summed E-state index contributed by atoms with van der Waals surface area (Å²) in [4.78, 5) is 26.3. The molecule has 0 unspecified atom stereocenters. The minimum Gasteiger partial charge on any atom is -0.449 e. The van der Waals surface area contributed by atoms with Crippen molar-refractivity contribution < 1.29 is 14.3 Å². The molecule has 0 spiro atoms. The van der Waals surface area contributed by atoms with Crippen LogP contribution in [0.1, 0.15) is 45.0 Å². The van der Waals surface area contributed by atoms with E-state index in [1.807, 2.05) is 27.7 Å². The molecule has 0 saturated heterocycles. The Bertz CT molecular complexity index is 550. The zero-order valence-electron chi connectivity index (χ0n) is 13.6. The summed E-state index contributed by atoms with van der Waals surface area (Å²) in [7, 11) is 0. The monoisotopic (exact) mass is 326 g/mol. The van der Waals surface area contributed by atoms with Crippen LogP contribution >= 0.6 is 11.6 Å². The molecule has 5 nitrogen and oxygen atoms in total. The fraction of sp³-hybridized carbons (Fsp3) is 0.500. The number of hydrogen-bond acceptors (Lipinski definition) is 4. The van der Waals surface area contributed by atoms with Crippen molar-refractivity contribution in [3.63, 3.8) is 0 Å². The van der Waals surface area contributed by atoms with E-state index < -0.39 is 12.1 Å². The van der Waals surface area contributed by atoms with Crippen molar-refractivity contribution in [1.82, 2.24) is 4.90 Å². The number of amides is 1. The van der Waals surface area contributed by atoms with E-state index in [0.717, 1.165) is 0 Å². The maximum Gasteiger partial charge on any atom is 0.341 e. The quantitative estimate of drug-likeness (QED) is 0.666. The number of hydrogen-bond donors (Lipinski definition) is 1. The molecule has 1 amide bonds. The van der Waals surface area contributed by atoms with Gasteiger partial charge in [0.2, 0.25) is 0 Å². The molecular formula is C16H23ClN2O3. The predicted octanol–water partition coefficient (Wildman–Crippen LogP) is 3.11. The molecule has 1 atom stereocenters. The molecule has 22 heavy (non-hydrogen) atoms. The van der Waals surface area contributed by atoms with Crippen LogP contribution in [0.15, 0.2) is 18.2 Å². The number of para-hydroxylation sites is 1. The van der Waals surface area contributed by atoms with Crippen molar-refractivity contribution >= 4 is 29.2 Å². The van der Waals surface area contributed by atoms with E-state index in [1.54, 1.807) is 24.0 Å². The molecule has 1 rings (SSSR count). The third kappa shape index (κ3) is 4.13. The van der Waals surface area contributed by atoms with Crippen LogP contribution < -0.4 is 5.73 Å². The number of esters is 1. The Morgan fingerprint density at radius 2 is 1.68 bits per heavy atom. The van der Waals surface area contributed by atoms with E-state index >= 15 is 0 Å². The SMILES string of the molecule is CC(C)N(C(=O)[C@@H](C)OC(=O)c1cccc(Cl)c1N)C(C)C. The molecule has 0 radical (unpaired) electrons. The Kier molecular flexibility index (Phi) is 6.23. The molecule has 0 aliphatic rings. The van der Waals surface area contributed by atoms with Crippen molar-refractivity contribution in [3.8, 4) is 0 Å². The topological polar surface area (TPSA) is 72.6 Å². The average Bonchev–Trinajstić information content (AvgIpc) is 2.40. The van der Waals surface area contributed by atoms with Gasteiger partial charge in [0, 0.05) is 12.1 Å². The van der Waals surface area contributed by atoms with Gasteiger partial charge in [0.1, 0.15) is 0 Å². The van der Waals surface area contributed by atoms with Gasteiger partial charge < -0.3 is 15.4 Å². The Balaban J connectivity index is 2.87. The van der Waals surface area contributed by atoms with Gasteiger partial charge in [0.05, 0.1) is 16.3 Å². The van der Waals surface area contributed by atoms with E-state index in [0.29, 0.717) is 0 Å². The van der Waals surface area contributed by atoms with Crippen molar-refractivity contribution in [3.05, 3.63) is 28.8 Å². The van der Waals surface area contributed by atoms with Crippen LogP contribution in [0.2, 0.25) is 5.02 Å². The number of nitrogen functional groups attached to an aromatic ring is 1. The zero-order valence-corrected chi connectivity index (χ0v) is 14.3. The lowest BCUT2D eigenvalue weighted by molar-refractivity contribution is -0.143. The van der Waals surface area contributed by atoms with Gasteiger partial charge in [0.15, 0.2) is 6.10 Å². The summed E-state index contributed by atoms with van der Waals surface area (Å²) in [5.74, 6) is -0.896. The normalized spacial score (nSPS) is 12.4. The highest BCUT2D eigenvalue weighted by Crippen LogP contribution is 2.23. The number of anilines is 1. The smallest absolute Gasteiger partial charge is 0.341 e. The maximum atomic E-state index is 12.4. The molecule has 0 bridgehead atoms. The third-order valence-electron chi connectivity index (χ3n) is 3.27. The minimum absolute atomic E-state index is 0.0184. The lowest BCUT2D eigenvalue weighted by atomic mass is 10.1. The molecule has 0 aliphatic heterocycles. The second kappa shape index (κ2) is 7.49. The first-order valence-corrected chi connectivity index (χ1v) is 7.61. The van der Waals surface area contributed by atoms with Gasteiger partial charge in [-0.2, -0.15) is 0 Å². The molecule has 1 aromatic carbocycles. The molecule has 0 aromatic heterocycles. The van der Waals surface area contributed by atoms with Gasteiger partial charge in [-0.3, -0.25) is 4.79 Å². The number of carbonyl (C=O) groups excluding carboxylic acids is 2. The van der Waals surface area contributed by atoms with E-state index in [-0.39, 0.29) is 34.3 Å². The van der Waals surface area contributed by atoms with E-state index in [4.69, 9.17) is 22.1 Å². The number of benzene rings is 1. The lowest BCUT2D eigenvalue weighted by Gasteiger charge is -2.32. The summed E-state index contributed by atoms with van der Waals surface area (Å²) in [6.07, 6.45) is -0.893. The average molecular weight is 327 g/mol. The highest BCUT2D eigenvalue weighted by Gasteiger charge is 2.28. The molecule has 122 valence electrons. The van der Waals surface area contributed by atoms with Crippen LogP contribution in [0, 0.1) is 0 Å². The van der Waals surface area contributed by atoms with Crippen LogP contribution in [0.3, 0.4) is 0 Å². The molecular weight excluding hydrogens is 304 g/mol. The molecule has 0 saturated carbocycles. The summed E-state index contributed by atoms with van der Waals surface area (Å²) >= 11 is 5.88. The third-order valence-corrected chi connectivity index (χ3v) is 3.60. The standard InChI is InChI=1S/C16H23ClN2O3/c1-9(2)19(10(3)4)15(20)11(5)22-16(21)12-7-6-8-13(17)14(12)18/h6-11H,18H2,1-5H3/t11-/m1/s1. The number of ether oxygens (including phenoxy) is 1. The summed E-state index contributed by atoms with van der Waals surface area (Å²) < 4.78 is 5.25. The molecule has 0 aliphatic carbocycles. The fourth-order valence-corrected chi connectivity index (χ4v) is 2.48. The van der Waals surface area contributed by atoms with Gasteiger partial charge in [-0.1, -0.05) is 17.7 Å². The second-order valence-electron chi connectivity index (χ2n) is 5.68. The number of carbonyl (C=O) groups is 2. The van der Waals surface area contributed by atoms with Crippen molar-refractivity contribution in [2.75, 3.05) is 5.73 Å². The summed E-state index contributed by atoms with van der Waals surface area (Å²) in [6, 6.07) is 4.75. The number of nitrogens with two attached hydrogens (primary N) is 1. The molecule has 0 heterocycles. The molecule has 1 aromatic rings. The number of rotatable bonds is 5. The number of halogens is 1. The van der Waals surface area contributed by atoms with Gasteiger partial charge >= 0.3 is 5.97 Å². The fourth-order valence-electron chi connectivity index (χ4n) is 2.30. The first kappa shape index (κ1) is 18.3. The largest absolute Gasteiger partial charge is 0.449 e. The summed E-state index contributed by atoms with van der Waals surface area (Å²) in [5, 5.41) is 0.277. The first-order valence-electron chi connectivity index (χ1n) is 7.24. The van der Waals surface area contributed by atoms with Crippen molar-refractivity contribution in [2.24, 2.45) is 0 Å². The van der Waals surface area contributed by atoms with Crippen LogP contribution in [-0.2, 0) is 9.53 Å².